The molecule has 0 spiro atoms. The van der Waals surface area contributed by atoms with Crippen LogP contribution in [0.2, 0.25) is 0 Å². The standard InChI is InChI=1S/C20H21N3O6/c21-18(26)12-5-7-13(8-6-12)22-16(24)11-29-17(25)9-10-23-19(27)14-3-1-2-4-15(14)20(23)28/h1-2,5-8,14-15H,3-4,9-11H2,(H2,21,26)(H,22,24)/t14-,15-/m0/s1. The van der Waals surface area contributed by atoms with Gasteiger partial charge in [0.25, 0.3) is 5.91 Å². The molecule has 0 bridgehead atoms. The zero-order valence-electron chi connectivity index (χ0n) is 15.6. The predicted octanol–water partition coefficient (Wildman–Crippen LogP) is 0.608. The molecule has 1 aromatic carbocycles. The lowest BCUT2D eigenvalue weighted by Gasteiger charge is -2.14. The molecule has 1 fully saturated rings. The molecule has 4 amide bonds. The third-order valence-corrected chi connectivity index (χ3v) is 4.96. The summed E-state index contributed by atoms with van der Waals surface area (Å²) in [5.74, 6) is -3.01. The van der Waals surface area contributed by atoms with Crippen molar-refractivity contribution in [2.24, 2.45) is 17.6 Å². The van der Waals surface area contributed by atoms with Crippen LogP contribution in [0.15, 0.2) is 36.4 Å². The summed E-state index contributed by atoms with van der Waals surface area (Å²) in [5, 5.41) is 2.51. The van der Waals surface area contributed by atoms with Crippen LogP contribution in [0, 0.1) is 11.8 Å². The number of nitrogens with one attached hydrogen (secondary N) is 1. The summed E-state index contributed by atoms with van der Waals surface area (Å²) in [5.41, 5.74) is 5.86. The second-order valence-corrected chi connectivity index (χ2v) is 6.88. The topological polar surface area (TPSA) is 136 Å². The fourth-order valence-electron chi connectivity index (χ4n) is 3.43. The Kier molecular flexibility index (Phi) is 6.06. The molecule has 152 valence electrons. The van der Waals surface area contributed by atoms with Crippen LogP contribution < -0.4 is 11.1 Å². The largest absolute Gasteiger partial charge is 0.456 e. The van der Waals surface area contributed by atoms with E-state index in [0.717, 1.165) is 4.90 Å². The summed E-state index contributed by atoms with van der Waals surface area (Å²) >= 11 is 0. The van der Waals surface area contributed by atoms with Gasteiger partial charge in [0.1, 0.15) is 0 Å². The number of likely N-dealkylation sites (tertiary alicyclic amines) is 1. The summed E-state index contributed by atoms with van der Waals surface area (Å²) in [7, 11) is 0. The van der Waals surface area contributed by atoms with Crippen LogP contribution in [-0.2, 0) is 23.9 Å². The summed E-state index contributed by atoms with van der Waals surface area (Å²) < 4.78 is 4.90. The first-order valence-corrected chi connectivity index (χ1v) is 9.22. The number of rotatable bonds is 7. The molecule has 0 aromatic heterocycles. The van der Waals surface area contributed by atoms with Crippen LogP contribution in [0.25, 0.3) is 0 Å². The molecular weight excluding hydrogens is 378 g/mol. The number of imide groups is 1. The molecule has 1 aromatic rings. The highest BCUT2D eigenvalue weighted by atomic mass is 16.5. The minimum Gasteiger partial charge on any atom is -0.456 e. The number of anilines is 1. The molecule has 29 heavy (non-hydrogen) atoms. The molecular formula is C20H21N3O6. The number of nitrogens with zero attached hydrogens (tertiary/aromatic N) is 1. The Bertz CT molecular complexity index is 851. The maximum absolute atomic E-state index is 12.3. The van der Waals surface area contributed by atoms with Crippen LogP contribution in [0.5, 0.6) is 0 Å². The highest BCUT2D eigenvalue weighted by molar-refractivity contribution is 6.05. The number of hydrogen-bond acceptors (Lipinski definition) is 6. The molecule has 3 rings (SSSR count). The van der Waals surface area contributed by atoms with Crippen LogP contribution in [0.3, 0.4) is 0 Å². The number of benzene rings is 1. The van der Waals surface area contributed by atoms with Crippen LogP contribution >= 0.6 is 0 Å². The maximum atomic E-state index is 12.3. The minimum atomic E-state index is -0.683. The number of esters is 1. The van der Waals surface area contributed by atoms with Crippen molar-refractivity contribution in [1.82, 2.24) is 4.90 Å². The predicted molar refractivity (Wildman–Crippen MR) is 101 cm³/mol. The van der Waals surface area contributed by atoms with Gasteiger partial charge in [0.2, 0.25) is 17.7 Å². The summed E-state index contributed by atoms with van der Waals surface area (Å²) in [4.78, 5) is 60.5. The van der Waals surface area contributed by atoms with Crippen molar-refractivity contribution in [3.63, 3.8) is 0 Å². The lowest BCUT2D eigenvalue weighted by atomic mass is 9.85. The molecule has 0 saturated carbocycles. The van der Waals surface area contributed by atoms with Gasteiger partial charge in [-0.3, -0.25) is 28.9 Å². The highest BCUT2D eigenvalue weighted by Gasteiger charge is 2.46. The number of hydrogen-bond donors (Lipinski definition) is 2. The van der Waals surface area contributed by atoms with E-state index < -0.39 is 24.4 Å². The lowest BCUT2D eigenvalue weighted by Crippen LogP contribution is -2.33. The van der Waals surface area contributed by atoms with E-state index in [9.17, 15) is 24.0 Å². The Morgan fingerprint density at radius 2 is 1.62 bits per heavy atom. The summed E-state index contributed by atoms with van der Waals surface area (Å²) in [6.07, 6.45) is 4.69. The molecule has 2 atom stereocenters. The zero-order valence-corrected chi connectivity index (χ0v) is 15.6. The van der Waals surface area contributed by atoms with Gasteiger partial charge >= 0.3 is 5.97 Å². The molecule has 0 radical (unpaired) electrons. The third kappa shape index (κ3) is 4.68. The number of primary amides is 1. The number of carbonyl (C=O) groups is 5. The van der Waals surface area contributed by atoms with Crippen LogP contribution in [-0.4, -0.2) is 47.6 Å². The molecule has 9 heteroatoms. The number of amides is 4. The Balaban J connectivity index is 1.42. The highest BCUT2D eigenvalue weighted by Crippen LogP contribution is 2.34. The van der Waals surface area contributed by atoms with Crippen molar-refractivity contribution < 1.29 is 28.7 Å². The first-order chi connectivity index (χ1) is 13.9. The summed E-state index contributed by atoms with van der Waals surface area (Å²) in [6.45, 7) is -0.562. The van der Waals surface area contributed by atoms with E-state index in [1.54, 1.807) is 0 Å². The molecule has 1 aliphatic heterocycles. The first kappa shape index (κ1) is 20.2. The van der Waals surface area contributed by atoms with E-state index in [0.29, 0.717) is 24.1 Å². The van der Waals surface area contributed by atoms with E-state index in [-0.39, 0.29) is 36.6 Å². The van der Waals surface area contributed by atoms with Crippen LogP contribution in [0.1, 0.15) is 29.6 Å². The van der Waals surface area contributed by atoms with Gasteiger partial charge in [0, 0.05) is 17.8 Å². The van der Waals surface area contributed by atoms with E-state index >= 15 is 0 Å². The molecule has 0 unspecified atom stereocenters. The Morgan fingerprint density at radius 1 is 1.03 bits per heavy atom. The minimum absolute atomic E-state index is 0.0559. The van der Waals surface area contributed by atoms with Crippen LogP contribution in [0.4, 0.5) is 5.69 Å². The maximum Gasteiger partial charge on any atom is 0.308 e. The molecule has 9 nitrogen and oxygen atoms in total. The van der Waals surface area contributed by atoms with Gasteiger partial charge in [0.05, 0.1) is 18.3 Å². The van der Waals surface area contributed by atoms with Gasteiger partial charge in [-0.1, -0.05) is 12.2 Å². The quantitative estimate of drug-likeness (QED) is 0.392. The van der Waals surface area contributed by atoms with E-state index in [1.807, 2.05) is 12.2 Å². The Morgan fingerprint density at radius 3 is 2.17 bits per heavy atom. The normalized spacial score (nSPS) is 20.3. The van der Waals surface area contributed by atoms with Gasteiger partial charge in [-0.2, -0.15) is 0 Å². The van der Waals surface area contributed by atoms with Gasteiger partial charge in [-0.05, 0) is 37.1 Å². The fraction of sp³-hybridized carbons (Fsp3) is 0.350. The smallest absolute Gasteiger partial charge is 0.308 e. The monoisotopic (exact) mass is 399 g/mol. The van der Waals surface area contributed by atoms with Gasteiger partial charge < -0.3 is 15.8 Å². The van der Waals surface area contributed by atoms with Crippen molar-refractivity contribution in [2.45, 2.75) is 19.3 Å². The average Bonchev–Trinajstić information content (AvgIpc) is 2.95. The van der Waals surface area contributed by atoms with Crippen molar-refractivity contribution in [2.75, 3.05) is 18.5 Å². The molecule has 3 N–H and O–H groups in total. The SMILES string of the molecule is NC(=O)c1ccc(NC(=O)COC(=O)CCN2C(=O)[C@H]3CC=CC[C@@H]3C2=O)cc1. The second kappa shape index (κ2) is 8.68. The lowest BCUT2D eigenvalue weighted by molar-refractivity contribution is -0.148. The molecule has 2 aliphatic rings. The van der Waals surface area contributed by atoms with E-state index in [4.69, 9.17) is 10.5 Å². The molecule has 1 saturated heterocycles. The number of fused-ring (bicyclic) bond motifs is 1. The van der Waals surface area contributed by atoms with E-state index in [2.05, 4.69) is 5.32 Å². The number of nitrogens with two attached hydrogens (primary N) is 1. The van der Waals surface area contributed by atoms with Crippen molar-refractivity contribution in [1.29, 1.82) is 0 Å². The van der Waals surface area contributed by atoms with Gasteiger partial charge in [-0.15, -0.1) is 0 Å². The van der Waals surface area contributed by atoms with E-state index in [1.165, 1.54) is 24.3 Å². The first-order valence-electron chi connectivity index (χ1n) is 9.22. The molecule has 1 aliphatic carbocycles. The van der Waals surface area contributed by atoms with Crippen molar-refractivity contribution in [3.8, 4) is 0 Å². The number of ether oxygens (including phenoxy) is 1. The third-order valence-electron chi connectivity index (χ3n) is 4.96. The van der Waals surface area contributed by atoms with Gasteiger partial charge in [0.15, 0.2) is 6.61 Å². The fourth-order valence-corrected chi connectivity index (χ4v) is 3.43. The summed E-state index contributed by atoms with van der Waals surface area (Å²) in [6, 6.07) is 5.92. The van der Waals surface area contributed by atoms with Crippen molar-refractivity contribution >= 4 is 35.3 Å². The Hall–Kier alpha value is -3.49. The molecule has 1 heterocycles. The average molecular weight is 399 g/mol. The Labute approximate surface area is 166 Å². The van der Waals surface area contributed by atoms with Gasteiger partial charge in [-0.25, -0.2) is 0 Å². The number of allylic oxidation sites excluding steroid dienone is 2. The van der Waals surface area contributed by atoms with Crippen molar-refractivity contribution in [3.05, 3.63) is 42.0 Å². The zero-order chi connectivity index (χ0) is 21.0. The number of carbonyl (C=O) groups excluding carboxylic acids is 5. The second-order valence-electron chi connectivity index (χ2n) is 6.88.